The number of carboxylic acids is 3. The second-order valence-corrected chi connectivity index (χ2v) is 7.96. The lowest BCUT2D eigenvalue weighted by Crippen LogP contribution is -2.51. The Morgan fingerprint density at radius 2 is 1.09 bits per heavy atom. The summed E-state index contributed by atoms with van der Waals surface area (Å²) in [5, 5.41) is 31.4. The zero-order valence-corrected chi connectivity index (χ0v) is 18.9. The van der Waals surface area contributed by atoms with Crippen LogP contribution in [0.4, 0.5) is 0 Å². The van der Waals surface area contributed by atoms with Gasteiger partial charge >= 0.3 is 17.9 Å². The van der Waals surface area contributed by atoms with Gasteiger partial charge in [0.2, 0.25) is 11.8 Å². The molecule has 0 aliphatic heterocycles. The molecule has 0 aromatic carbocycles. The third-order valence-electron chi connectivity index (χ3n) is 5.07. The Kier molecular flexibility index (Phi) is 16.5. The summed E-state index contributed by atoms with van der Waals surface area (Å²) in [7, 11) is 0. The first-order valence-corrected chi connectivity index (χ1v) is 11.4. The molecule has 10 heteroatoms. The number of carboxylic acid groups (broad SMARTS) is 3. The van der Waals surface area contributed by atoms with Crippen LogP contribution in [0.25, 0.3) is 0 Å². The zero-order valence-electron chi connectivity index (χ0n) is 18.9. The molecule has 0 bridgehead atoms. The SMILES string of the molecule is CCCCCCCCCCCC(=O)N[C@@H](CCC(=O)O)C(=O)N[C@@H](CCC(=O)O)C(=O)O. The molecule has 0 aromatic rings. The lowest BCUT2D eigenvalue weighted by atomic mass is 10.1. The monoisotopic (exact) mass is 458 g/mol. The Morgan fingerprint density at radius 3 is 1.56 bits per heavy atom. The van der Waals surface area contributed by atoms with E-state index in [2.05, 4.69) is 17.6 Å². The van der Waals surface area contributed by atoms with Gasteiger partial charge in [-0.25, -0.2) is 4.79 Å². The number of nitrogens with one attached hydrogen (secondary N) is 2. The molecule has 10 nitrogen and oxygen atoms in total. The molecular formula is C22H38N2O8. The van der Waals surface area contributed by atoms with Crippen LogP contribution in [0.3, 0.4) is 0 Å². The van der Waals surface area contributed by atoms with Crippen LogP contribution in [0.15, 0.2) is 0 Å². The minimum atomic E-state index is -1.44. The molecule has 0 aromatic heterocycles. The minimum Gasteiger partial charge on any atom is -0.481 e. The third kappa shape index (κ3) is 16.1. The van der Waals surface area contributed by atoms with Gasteiger partial charge in [0, 0.05) is 19.3 Å². The Labute approximate surface area is 189 Å². The summed E-state index contributed by atoms with van der Waals surface area (Å²) < 4.78 is 0. The molecule has 0 saturated carbocycles. The minimum absolute atomic E-state index is 0.189. The molecule has 0 rings (SSSR count). The first-order valence-electron chi connectivity index (χ1n) is 11.4. The van der Waals surface area contributed by atoms with E-state index in [-0.39, 0.29) is 25.7 Å². The van der Waals surface area contributed by atoms with Gasteiger partial charge in [-0.3, -0.25) is 19.2 Å². The second-order valence-electron chi connectivity index (χ2n) is 7.96. The standard InChI is InChI=1S/C22H38N2O8/c1-2-3-4-5-6-7-8-9-10-11-18(25)23-16(12-14-19(26)27)21(30)24-17(22(31)32)13-15-20(28)29/h16-17H,2-15H2,1H3,(H,23,25)(H,24,30)(H,26,27)(H,28,29)(H,31,32)/t16-,17-/m0/s1. The topological polar surface area (TPSA) is 170 Å². The lowest BCUT2D eigenvalue weighted by molar-refractivity contribution is -0.144. The molecule has 0 radical (unpaired) electrons. The van der Waals surface area contributed by atoms with Crippen LogP contribution < -0.4 is 10.6 Å². The number of carbonyl (C=O) groups excluding carboxylic acids is 2. The fourth-order valence-electron chi connectivity index (χ4n) is 3.20. The number of aliphatic carboxylic acids is 3. The van der Waals surface area contributed by atoms with Crippen molar-refractivity contribution in [2.75, 3.05) is 0 Å². The average molecular weight is 459 g/mol. The molecule has 0 spiro atoms. The molecule has 0 saturated heterocycles. The van der Waals surface area contributed by atoms with E-state index >= 15 is 0 Å². The highest BCUT2D eigenvalue weighted by molar-refractivity contribution is 5.90. The summed E-state index contributed by atoms with van der Waals surface area (Å²) in [6, 6.07) is -2.65. The maximum Gasteiger partial charge on any atom is 0.326 e. The van der Waals surface area contributed by atoms with E-state index in [4.69, 9.17) is 10.2 Å². The highest BCUT2D eigenvalue weighted by Crippen LogP contribution is 2.11. The van der Waals surface area contributed by atoms with Crippen molar-refractivity contribution in [3.05, 3.63) is 0 Å². The smallest absolute Gasteiger partial charge is 0.326 e. The first-order chi connectivity index (χ1) is 15.2. The van der Waals surface area contributed by atoms with Crippen molar-refractivity contribution in [2.45, 2.75) is 109 Å². The molecule has 0 aliphatic rings. The molecule has 32 heavy (non-hydrogen) atoms. The molecule has 0 heterocycles. The summed E-state index contributed by atoms with van der Waals surface area (Å²) in [5.41, 5.74) is 0. The Bertz CT molecular complexity index is 609. The van der Waals surface area contributed by atoms with E-state index in [1.54, 1.807) is 0 Å². The van der Waals surface area contributed by atoms with Gasteiger partial charge in [-0.2, -0.15) is 0 Å². The number of unbranched alkanes of at least 4 members (excludes halogenated alkanes) is 8. The van der Waals surface area contributed by atoms with Gasteiger partial charge in [0.1, 0.15) is 12.1 Å². The summed E-state index contributed by atoms with van der Waals surface area (Å²) in [4.78, 5) is 57.5. The predicted molar refractivity (Wildman–Crippen MR) is 117 cm³/mol. The quantitative estimate of drug-likeness (QED) is 0.173. The fourth-order valence-corrected chi connectivity index (χ4v) is 3.20. The van der Waals surface area contributed by atoms with Crippen LogP contribution in [-0.4, -0.2) is 57.1 Å². The fraction of sp³-hybridized carbons (Fsp3) is 0.773. The second kappa shape index (κ2) is 18.0. The normalized spacial score (nSPS) is 12.5. The third-order valence-corrected chi connectivity index (χ3v) is 5.07. The number of amides is 2. The summed E-state index contributed by atoms with van der Waals surface area (Å²) in [6.45, 7) is 2.17. The molecule has 0 fully saturated rings. The molecule has 184 valence electrons. The van der Waals surface area contributed by atoms with Crippen molar-refractivity contribution in [3.63, 3.8) is 0 Å². The molecular weight excluding hydrogens is 420 g/mol. The van der Waals surface area contributed by atoms with Gasteiger partial charge in [0.15, 0.2) is 0 Å². The molecule has 0 aliphatic carbocycles. The van der Waals surface area contributed by atoms with E-state index in [1.807, 2.05) is 0 Å². The van der Waals surface area contributed by atoms with Crippen molar-refractivity contribution in [1.82, 2.24) is 10.6 Å². The summed E-state index contributed by atoms with van der Waals surface area (Å²) in [6.07, 6.45) is 8.58. The van der Waals surface area contributed by atoms with Crippen molar-refractivity contribution in [2.24, 2.45) is 0 Å². The van der Waals surface area contributed by atoms with Crippen LogP contribution in [0.5, 0.6) is 0 Å². The predicted octanol–water partition coefficient (Wildman–Crippen LogP) is 2.69. The van der Waals surface area contributed by atoms with Crippen molar-refractivity contribution >= 4 is 29.7 Å². The molecule has 2 amide bonds. The van der Waals surface area contributed by atoms with E-state index in [9.17, 15) is 29.1 Å². The maximum atomic E-state index is 12.4. The summed E-state index contributed by atoms with van der Waals surface area (Å²) >= 11 is 0. The van der Waals surface area contributed by atoms with Crippen LogP contribution in [0.1, 0.15) is 96.8 Å². The highest BCUT2D eigenvalue weighted by Gasteiger charge is 2.27. The van der Waals surface area contributed by atoms with Crippen LogP contribution in [0, 0.1) is 0 Å². The number of hydrogen-bond acceptors (Lipinski definition) is 5. The van der Waals surface area contributed by atoms with Crippen molar-refractivity contribution in [1.29, 1.82) is 0 Å². The number of hydrogen-bond donors (Lipinski definition) is 5. The number of rotatable bonds is 20. The summed E-state index contributed by atoms with van der Waals surface area (Å²) in [5.74, 6) is -5.02. The lowest BCUT2D eigenvalue weighted by Gasteiger charge is -2.21. The van der Waals surface area contributed by atoms with Gasteiger partial charge in [0.25, 0.3) is 0 Å². The maximum absolute atomic E-state index is 12.4. The van der Waals surface area contributed by atoms with Gasteiger partial charge in [-0.05, 0) is 19.3 Å². The van der Waals surface area contributed by atoms with Gasteiger partial charge in [-0.1, -0.05) is 58.3 Å². The molecule has 5 N–H and O–H groups in total. The van der Waals surface area contributed by atoms with E-state index in [1.165, 1.54) is 32.1 Å². The molecule has 2 atom stereocenters. The molecule has 0 unspecified atom stereocenters. The van der Waals surface area contributed by atoms with Crippen molar-refractivity contribution < 1.29 is 39.3 Å². The zero-order chi connectivity index (χ0) is 24.4. The Hall–Kier alpha value is -2.65. The first kappa shape index (κ1) is 29.4. The largest absolute Gasteiger partial charge is 0.481 e. The van der Waals surface area contributed by atoms with Crippen LogP contribution in [-0.2, 0) is 24.0 Å². The highest BCUT2D eigenvalue weighted by atomic mass is 16.4. The number of carbonyl (C=O) groups is 5. The van der Waals surface area contributed by atoms with Gasteiger partial charge < -0.3 is 26.0 Å². The Morgan fingerprint density at radius 1 is 0.625 bits per heavy atom. The van der Waals surface area contributed by atoms with Crippen LogP contribution in [0.2, 0.25) is 0 Å². The van der Waals surface area contributed by atoms with E-state index in [0.717, 1.165) is 19.3 Å². The Balaban J connectivity index is 4.52. The van der Waals surface area contributed by atoms with E-state index in [0.29, 0.717) is 6.42 Å². The van der Waals surface area contributed by atoms with Gasteiger partial charge in [-0.15, -0.1) is 0 Å². The van der Waals surface area contributed by atoms with Gasteiger partial charge in [0.05, 0.1) is 0 Å². The van der Waals surface area contributed by atoms with Crippen LogP contribution >= 0.6 is 0 Å². The van der Waals surface area contributed by atoms with E-state index < -0.39 is 48.2 Å². The average Bonchev–Trinajstić information content (AvgIpc) is 2.72. The van der Waals surface area contributed by atoms with Crippen molar-refractivity contribution in [3.8, 4) is 0 Å².